The van der Waals surface area contributed by atoms with E-state index in [-0.39, 0.29) is 28.2 Å². The monoisotopic (exact) mass is 724 g/mol. The number of carbonyl (C=O) groups is 2. The molecular weight excluding hydrogens is 688 g/mol. The third-order valence-corrected chi connectivity index (χ3v) is 8.06. The fraction of sp³-hybridized carbons (Fsp3) is 0.469. The van der Waals surface area contributed by atoms with Crippen LogP contribution in [0, 0.1) is 0 Å². The molecule has 10 atom stereocenters. The molecule has 3 aromatic rings. The quantitative estimate of drug-likeness (QED) is 0.0831. The summed E-state index contributed by atoms with van der Waals surface area (Å²) in [6, 6.07) is 6.00. The molecule has 0 aliphatic carbocycles. The molecule has 3 heterocycles. The molecule has 2 saturated heterocycles. The number of benzene rings is 2. The average Bonchev–Trinajstić information content (AvgIpc) is 3.08. The summed E-state index contributed by atoms with van der Waals surface area (Å²) in [7, 11) is 1.29. The summed E-state index contributed by atoms with van der Waals surface area (Å²) in [5.74, 6) is -3.75. The van der Waals surface area contributed by atoms with Crippen molar-refractivity contribution in [3.63, 3.8) is 0 Å². The molecule has 0 saturated carbocycles. The van der Waals surface area contributed by atoms with E-state index in [2.05, 4.69) is 0 Å². The van der Waals surface area contributed by atoms with Crippen molar-refractivity contribution in [3.05, 3.63) is 40.6 Å². The molecule has 8 N–H and O–H groups in total. The van der Waals surface area contributed by atoms with Crippen LogP contribution in [0.5, 0.6) is 28.7 Å². The highest BCUT2D eigenvalue weighted by Crippen LogP contribution is 2.44. The third kappa shape index (κ3) is 7.62. The minimum absolute atomic E-state index is 0.0206. The minimum Gasteiger partial charge on any atom is -0.504 e. The van der Waals surface area contributed by atoms with E-state index in [9.17, 15) is 55.2 Å². The van der Waals surface area contributed by atoms with Crippen molar-refractivity contribution in [1.29, 1.82) is 0 Å². The number of fused-ring (bicyclic) bond motifs is 1. The van der Waals surface area contributed by atoms with Crippen LogP contribution in [-0.4, -0.2) is 135 Å². The van der Waals surface area contributed by atoms with Gasteiger partial charge in [-0.15, -0.1) is 0 Å². The lowest BCUT2D eigenvalue weighted by Crippen LogP contribution is -2.65. The number of hydrogen-bond acceptors (Lipinski definition) is 19. The normalized spacial score (nSPS) is 29.4. The summed E-state index contributed by atoms with van der Waals surface area (Å²) < 4.78 is 44.6. The highest BCUT2D eigenvalue weighted by molar-refractivity contribution is 5.95. The molecule has 278 valence electrons. The Morgan fingerprint density at radius 3 is 2.00 bits per heavy atom. The van der Waals surface area contributed by atoms with Crippen molar-refractivity contribution in [2.75, 3.05) is 20.3 Å². The fourth-order valence-corrected chi connectivity index (χ4v) is 5.55. The van der Waals surface area contributed by atoms with E-state index in [0.29, 0.717) is 0 Å². The van der Waals surface area contributed by atoms with E-state index in [1.54, 1.807) is 0 Å². The number of methoxy groups -OCH3 is 1. The Morgan fingerprint density at radius 1 is 0.765 bits per heavy atom. The fourth-order valence-electron chi connectivity index (χ4n) is 5.55. The highest BCUT2D eigenvalue weighted by Gasteiger charge is 2.51. The van der Waals surface area contributed by atoms with Crippen LogP contribution in [0.1, 0.15) is 13.8 Å². The minimum atomic E-state index is -1.98. The molecule has 2 aliphatic heterocycles. The van der Waals surface area contributed by atoms with Crippen LogP contribution in [0.4, 0.5) is 0 Å². The summed E-state index contributed by atoms with van der Waals surface area (Å²) in [5, 5.41) is 81.9. The number of aliphatic hydroxyl groups excluding tert-OH is 7. The van der Waals surface area contributed by atoms with Gasteiger partial charge in [0.2, 0.25) is 12.0 Å². The lowest BCUT2D eigenvalue weighted by Gasteiger charge is -2.45. The van der Waals surface area contributed by atoms with Crippen molar-refractivity contribution >= 4 is 22.9 Å². The van der Waals surface area contributed by atoms with Gasteiger partial charge in [-0.1, -0.05) is 0 Å². The largest absolute Gasteiger partial charge is 0.504 e. The van der Waals surface area contributed by atoms with Crippen molar-refractivity contribution < 1.29 is 88.0 Å². The number of phenols is 1. The number of carbonyl (C=O) groups excluding carboxylic acids is 2. The molecule has 2 aliphatic rings. The number of hydrogen-bond donors (Lipinski definition) is 8. The van der Waals surface area contributed by atoms with Gasteiger partial charge in [-0.3, -0.25) is 14.4 Å². The van der Waals surface area contributed by atoms with E-state index in [0.717, 1.165) is 26.0 Å². The SMILES string of the molecule is COc1cc(-c2cc(=O)c3c(OC(C)=O)cc(OC4OC(CO)C(O)C(O)C4OC4OC(CO)C(O)C(O)C4O)c(OC(C)=O)c3o2)ccc1O. The summed E-state index contributed by atoms with van der Waals surface area (Å²) in [6.07, 6.45) is -18.1. The van der Waals surface area contributed by atoms with E-state index in [1.165, 1.54) is 25.3 Å². The standard InChI is InChI=1S/C32H36O19/c1-11(35)45-18-8-19(28(46-12(2)36)29-22(18)15(38)7-16(47-29)13-4-5-14(37)17(6-13)44-3)48-32-30(26(42)24(40)21(10-34)50-32)51-31-27(43)25(41)23(39)20(9-33)49-31/h4-8,20-21,23-27,30-34,37,39-43H,9-10H2,1-3H3. The molecule has 19 nitrogen and oxygen atoms in total. The lowest BCUT2D eigenvalue weighted by atomic mass is 9.97. The Hall–Kier alpha value is -4.41. The molecule has 0 spiro atoms. The Kier molecular flexibility index (Phi) is 11.5. The van der Waals surface area contributed by atoms with Crippen molar-refractivity contribution in [2.24, 2.45) is 0 Å². The second kappa shape index (κ2) is 15.5. The lowest BCUT2D eigenvalue weighted by molar-refractivity contribution is -0.357. The van der Waals surface area contributed by atoms with Gasteiger partial charge in [0.15, 0.2) is 40.7 Å². The van der Waals surface area contributed by atoms with Crippen molar-refractivity contribution in [3.8, 4) is 40.1 Å². The first-order valence-corrected chi connectivity index (χ1v) is 15.3. The Bertz CT molecular complexity index is 1810. The molecule has 1 aromatic heterocycles. The average molecular weight is 725 g/mol. The molecule has 0 bridgehead atoms. The van der Waals surface area contributed by atoms with Gasteiger partial charge in [-0.25, -0.2) is 0 Å². The predicted molar refractivity (Wildman–Crippen MR) is 166 cm³/mol. The second-order valence-electron chi connectivity index (χ2n) is 11.6. The molecular formula is C32H36O19. The molecule has 0 amide bonds. The van der Waals surface area contributed by atoms with Gasteiger partial charge >= 0.3 is 11.9 Å². The van der Waals surface area contributed by atoms with Crippen LogP contribution in [0.2, 0.25) is 0 Å². The Balaban J connectivity index is 1.66. The molecule has 19 heteroatoms. The van der Waals surface area contributed by atoms with Crippen LogP contribution in [0.25, 0.3) is 22.3 Å². The molecule has 2 aromatic carbocycles. The van der Waals surface area contributed by atoms with Gasteiger partial charge in [0.05, 0.1) is 20.3 Å². The van der Waals surface area contributed by atoms with Gasteiger partial charge in [-0.05, 0) is 18.2 Å². The number of phenolic OH excluding ortho intramolecular Hbond substituents is 1. The zero-order chi connectivity index (χ0) is 37.3. The topological polar surface area (TPSA) is 291 Å². The van der Waals surface area contributed by atoms with E-state index in [4.69, 9.17) is 37.6 Å². The summed E-state index contributed by atoms with van der Waals surface area (Å²) in [4.78, 5) is 38.1. The van der Waals surface area contributed by atoms with Gasteiger partial charge in [0, 0.05) is 31.5 Å². The smallest absolute Gasteiger partial charge is 0.308 e. The predicted octanol–water partition coefficient (Wildman–Crippen LogP) is -1.97. The first kappa shape index (κ1) is 37.8. The number of esters is 2. The van der Waals surface area contributed by atoms with E-state index in [1.807, 2.05) is 0 Å². The maximum Gasteiger partial charge on any atom is 0.308 e. The molecule has 5 rings (SSSR count). The van der Waals surface area contributed by atoms with Crippen molar-refractivity contribution in [1.82, 2.24) is 0 Å². The summed E-state index contributed by atoms with van der Waals surface area (Å²) in [6.45, 7) is 0.345. The van der Waals surface area contributed by atoms with Crippen LogP contribution >= 0.6 is 0 Å². The van der Waals surface area contributed by atoms with Crippen LogP contribution < -0.4 is 24.4 Å². The van der Waals surface area contributed by atoms with Crippen LogP contribution in [-0.2, 0) is 23.8 Å². The number of aromatic hydroxyl groups is 1. The molecule has 10 unspecified atom stereocenters. The molecule has 2 fully saturated rings. The maximum atomic E-state index is 13.6. The third-order valence-electron chi connectivity index (χ3n) is 8.06. The number of rotatable bonds is 10. The van der Waals surface area contributed by atoms with Gasteiger partial charge in [0.25, 0.3) is 0 Å². The second-order valence-corrected chi connectivity index (χ2v) is 11.6. The van der Waals surface area contributed by atoms with Gasteiger partial charge in [0.1, 0.15) is 59.6 Å². The van der Waals surface area contributed by atoms with E-state index < -0.39 is 115 Å². The van der Waals surface area contributed by atoms with E-state index >= 15 is 0 Å². The molecule has 51 heavy (non-hydrogen) atoms. The Morgan fingerprint density at radius 2 is 1.39 bits per heavy atom. The first-order chi connectivity index (χ1) is 24.2. The molecule has 0 radical (unpaired) electrons. The van der Waals surface area contributed by atoms with Crippen LogP contribution in [0.15, 0.2) is 39.5 Å². The maximum absolute atomic E-state index is 13.6. The van der Waals surface area contributed by atoms with Gasteiger partial charge < -0.3 is 78.4 Å². The first-order valence-electron chi connectivity index (χ1n) is 15.3. The zero-order valence-electron chi connectivity index (χ0n) is 27.1. The number of aliphatic hydroxyl groups is 7. The van der Waals surface area contributed by atoms with Crippen LogP contribution in [0.3, 0.4) is 0 Å². The highest BCUT2D eigenvalue weighted by atomic mass is 16.8. The Labute approximate surface area is 287 Å². The number of ether oxygens (including phenoxy) is 7. The summed E-state index contributed by atoms with van der Waals surface area (Å²) >= 11 is 0. The zero-order valence-corrected chi connectivity index (χ0v) is 27.1. The van der Waals surface area contributed by atoms with Gasteiger partial charge in [-0.2, -0.15) is 0 Å². The van der Waals surface area contributed by atoms with Crippen molar-refractivity contribution in [2.45, 2.75) is 75.3 Å². The summed E-state index contributed by atoms with van der Waals surface area (Å²) in [5.41, 5.74) is -1.06.